The van der Waals surface area contributed by atoms with Gasteiger partial charge in [0.2, 0.25) is 11.8 Å². The lowest BCUT2D eigenvalue weighted by molar-refractivity contribution is -0.161. The summed E-state index contributed by atoms with van der Waals surface area (Å²) in [6.45, 7) is -0.382. The lowest BCUT2D eigenvalue weighted by Gasteiger charge is -2.34. The van der Waals surface area contributed by atoms with Gasteiger partial charge >= 0.3 is 5.97 Å². The summed E-state index contributed by atoms with van der Waals surface area (Å²) in [6.07, 6.45) is 5.93. The van der Waals surface area contributed by atoms with Crippen LogP contribution < -0.4 is 5.73 Å². The van der Waals surface area contributed by atoms with E-state index < -0.39 is 47.6 Å². The predicted octanol–water partition coefficient (Wildman–Crippen LogP) is 0.488. The number of likely N-dealkylation sites (tertiary alicyclic amines) is 2. The van der Waals surface area contributed by atoms with Crippen LogP contribution >= 0.6 is 0 Å². The molecule has 172 valence electrons. The Morgan fingerprint density at radius 2 is 1.88 bits per heavy atom. The Bertz CT molecular complexity index is 1050. The van der Waals surface area contributed by atoms with Gasteiger partial charge in [-0.1, -0.05) is 48.6 Å². The number of piperidine rings is 1. The summed E-state index contributed by atoms with van der Waals surface area (Å²) in [7, 11) is 0. The van der Waals surface area contributed by atoms with Crippen molar-refractivity contribution in [1.82, 2.24) is 9.80 Å². The zero-order valence-corrected chi connectivity index (χ0v) is 18.0. The van der Waals surface area contributed by atoms with Gasteiger partial charge in [-0.05, 0) is 24.8 Å². The number of ether oxygens (including phenoxy) is 1. The van der Waals surface area contributed by atoms with Crippen molar-refractivity contribution in [1.29, 1.82) is 0 Å². The van der Waals surface area contributed by atoms with Crippen LogP contribution in [0.5, 0.6) is 0 Å². The molecule has 0 spiro atoms. The molecule has 0 saturated carbocycles. The van der Waals surface area contributed by atoms with E-state index in [1.54, 1.807) is 18.2 Å². The topological polar surface area (TPSA) is 127 Å². The van der Waals surface area contributed by atoms with Gasteiger partial charge in [0.1, 0.15) is 18.7 Å². The fourth-order valence-corrected chi connectivity index (χ4v) is 4.38. The van der Waals surface area contributed by atoms with Gasteiger partial charge in [0.05, 0.1) is 12.5 Å². The van der Waals surface area contributed by atoms with Crippen molar-refractivity contribution in [3.05, 3.63) is 59.7 Å². The second-order valence-electron chi connectivity index (χ2n) is 8.25. The number of carbonyl (C=O) groups excluding carboxylic acids is 5. The van der Waals surface area contributed by atoms with Crippen molar-refractivity contribution < 1.29 is 28.7 Å². The molecule has 0 aromatic heterocycles. The van der Waals surface area contributed by atoms with Gasteiger partial charge < -0.3 is 10.5 Å². The van der Waals surface area contributed by atoms with Crippen LogP contribution in [-0.2, 0) is 35.1 Å². The van der Waals surface area contributed by atoms with Gasteiger partial charge in [-0.2, -0.15) is 0 Å². The third kappa shape index (κ3) is 4.49. The molecule has 1 aliphatic carbocycles. The molecule has 2 heterocycles. The zero-order valence-electron chi connectivity index (χ0n) is 18.0. The number of nitrogens with two attached hydrogens (primary N) is 1. The predicted molar refractivity (Wildman–Crippen MR) is 116 cm³/mol. The molecule has 9 nitrogen and oxygen atoms in total. The van der Waals surface area contributed by atoms with E-state index in [0.717, 1.165) is 15.4 Å². The number of benzene rings is 1. The molecule has 2 fully saturated rings. The molecule has 0 bridgehead atoms. The van der Waals surface area contributed by atoms with Crippen molar-refractivity contribution >= 4 is 29.6 Å². The highest BCUT2D eigenvalue weighted by atomic mass is 16.5. The Morgan fingerprint density at radius 3 is 2.61 bits per heavy atom. The number of imide groups is 2. The maximum absolute atomic E-state index is 13.0. The molecule has 2 aliphatic heterocycles. The van der Waals surface area contributed by atoms with E-state index in [2.05, 4.69) is 0 Å². The van der Waals surface area contributed by atoms with Crippen LogP contribution in [0.3, 0.4) is 0 Å². The molecule has 4 rings (SSSR count). The molecule has 0 radical (unpaired) electrons. The van der Waals surface area contributed by atoms with Gasteiger partial charge in [-0.15, -0.1) is 0 Å². The normalized spacial score (nSPS) is 23.5. The molecule has 4 amide bonds. The minimum atomic E-state index is -1.04. The monoisotopic (exact) mass is 451 g/mol. The van der Waals surface area contributed by atoms with Crippen molar-refractivity contribution in [3.63, 3.8) is 0 Å². The molecular weight excluding hydrogens is 426 g/mol. The van der Waals surface area contributed by atoms with Gasteiger partial charge in [0.15, 0.2) is 0 Å². The summed E-state index contributed by atoms with van der Waals surface area (Å²) in [6, 6.07) is 7.33. The van der Waals surface area contributed by atoms with Gasteiger partial charge in [0.25, 0.3) is 11.8 Å². The second kappa shape index (κ2) is 9.50. The van der Waals surface area contributed by atoms with E-state index >= 15 is 0 Å². The minimum Gasteiger partial charge on any atom is -0.463 e. The first-order valence-electron chi connectivity index (χ1n) is 10.9. The van der Waals surface area contributed by atoms with Crippen molar-refractivity contribution in [2.75, 3.05) is 13.2 Å². The van der Waals surface area contributed by atoms with E-state index in [0.29, 0.717) is 18.4 Å². The zero-order chi connectivity index (χ0) is 23.5. The summed E-state index contributed by atoms with van der Waals surface area (Å²) in [5.41, 5.74) is 7.16. The van der Waals surface area contributed by atoms with Crippen LogP contribution in [0.25, 0.3) is 0 Å². The Kier molecular flexibility index (Phi) is 6.50. The Labute approximate surface area is 190 Å². The molecule has 2 N–H and O–H groups in total. The highest BCUT2D eigenvalue weighted by Gasteiger charge is 2.50. The van der Waals surface area contributed by atoms with E-state index in [9.17, 15) is 24.0 Å². The summed E-state index contributed by atoms with van der Waals surface area (Å²) in [5, 5.41) is 0. The smallest absolute Gasteiger partial charge is 0.323 e. The van der Waals surface area contributed by atoms with Crippen LogP contribution in [0.2, 0.25) is 0 Å². The largest absolute Gasteiger partial charge is 0.463 e. The number of hydrogen-bond donors (Lipinski definition) is 1. The summed E-state index contributed by atoms with van der Waals surface area (Å²) in [5.74, 6) is -3.18. The lowest BCUT2D eigenvalue weighted by Crippen LogP contribution is -2.56. The molecular formula is C24H25N3O6. The van der Waals surface area contributed by atoms with Crippen molar-refractivity contribution in [3.8, 4) is 0 Å². The molecule has 1 aromatic carbocycles. The second-order valence-corrected chi connectivity index (χ2v) is 8.25. The molecule has 9 heteroatoms. The van der Waals surface area contributed by atoms with E-state index in [1.807, 2.05) is 30.3 Å². The summed E-state index contributed by atoms with van der Waals surface area (Å²) in [4.78, 5) is 65.1. The van der Waals surface area contributed by atoms with Crippen LogP contribution in [0.4, 0.5) is 0 Å². The van der Waals surface area contributed by atoms with E-state index in [1.165, 1.54) is 0 Å². The fraction of sp³-hybridized carbons (Fsp3) is 0.375. The Morgan fingerprint density at radius 1 is 1.12 bits per heavy atom. The molecule has 3 aliphatic rings. The Hall–Kier alpha value is -3.59. The molecule has 1 aromatic rings. The summed E-state index contributed by atoms with van der Waals surface area (Å²) < 4.78 is 5.18. The summed E-state index contributed by atoms with van der Waals surface area (Å²) >= 11 is 0. The quantitative estimate of drug-likeness (QED) is 0.472. The maximum Gasteiger partial charge on any atom is 0.323 e. The first kappa shape index (κ1) is 22.6. The third-order valence-electron chi connectivity index (χ3n) is 6.12. The number of esters is 1. The van der Waals surface area contributed by atoms with E-state index in [-0.39, 0.29) is 26.0 Å². The third-order valence-corrected chi connectivity index (χ3v) is 6.12. The van der Waals surface area contributed by atoms with Crippen LogP contribution in [-0.4, -0.2) is 64.6 Å². The average Bonchev–Trinajstić information content (AvgIpc) is 3.07. The van der Waals surface area contributed by atoms with Crippen LogP contribution in [0, 0.1) is 5.92 Å². The number of rotatable bonds is 7. The number of amides is 4. The molecule has 2 saturated heterocycles. The number of carbonyl (C=O) groups is 5. The number of allylic oxidation sites excluding steroid dienone is 3. The number of nitrogens with zero attached hydrogens (tertiary/aromatic N) is 2. The highest BCUT2D eigenvalue weighted by molar-refractivity contribution is 6.18. The van der Waals surface area contributed by atoms with Crippen LogP contribution in [0.1, 0.15) is 24.8 Å². The SMILES string of the molecule is N[C@@H](Cc1ccccc1)C(=O)OCCN1C(=O)CCC(N2C(=O)C3=CC=CCC3C2=O)C1=O. The van der Waals surface area contributed by atoms with Crippen LogP contribution in [0.15, 0.2) is 54.1 Å². The lowest BCUT2D eigenvalue weighted by atomic mass is 9.94. The van der Waals surface area contributed by atoms with Gasteiger partial charge in [-0.3, -0.25) is 33.8 Å². The number of hydrogen-bond acceptors (Lipinski definition) is 7. The van der Waals surface area contributed by atoms with E-state index in [4.69, 9.17) is 10.5 Å². The molecule has 33 heavy (non-hydrogen) atoms. The fourth-order valence-electron chi connectivity index (χ4n) is 4.38. The highest BCUT2D eigenvalue weighted by Crippen LogP contribution is 2.34. The first-order valence-corrected chi connectivity index (χ1v) is 10.9. The number of fused-ring (bicyclic) bond motifs is 1. The standard InChI is InChI=1S/C24H25N3O6/c25-18(14-15-6-2-1-3-7-15)24(32)33-13-12-26-20(28)11-10-19(23(26)31)27-21(29)16-8-4-5-9-17(16)22(27)30/h1-8,17-19H,9-14,25H2/t17?,18-,19?/m0/s1. The Balaban J connectivity index is 1.35. The van der Waals surface area contributed by atoms with Crippen molar-refractivity contribution in [2.45, 2.75) is 37.8 Å². The minimum absolute atomic E-state index is 0.0108. The molecule has 3 atom stereocenters. The van der Waals surface area contributed by atoms with Crippen molar-refractivity contribution in [2.24, 2.45) is 11.7 Å². The van der Waals surface area contributed by atoms with Gasteiger partial charge in [0, 0.05) is 12.0 Å². The van der Waals surface area contributed by atoms with Gasteiger partial charge in [-0.25, -0.2) is 0 Å². The first-order chi connectivity index (χ1) is 15.9. The average molecular weight is 451 g/mol. The molecule has 2 unspecified atom stereocenters. The maximum atomic E-state index is 13.0.